The van der Waals surface area contributed by atoms with Crippen LogP contribution in [0.25, 0.3) is 11.2 Å². The van der Waals surface area contributed by atoms with E-state index in [9.17, 15) is 35.1 Å². The number of benzene rings is 2. The standard InChI is InChI=1S/C35H42N10O7/c1-42-17-27(48)45(35(42)52)26-14-25(29(49)30(26)50)44-19-37-28-31(38-23(18-46)12-20-6-3-2-4-7-20)40-33(41-32(28)44)43-11-10-22(16-43)39-34(51)36-15-21-8-5-9-24(47)13-21/h2-9,13,17,19,22-23,25-26,29-30,46-50H,10-12,14-16,18H2,1H3,(H2,36,39,51)(H,38,40,41)/t22-,23+,25-,26+,29+,30-/m1/s1. The van der Waals surface area contributed by atoms with Gasteiger partial charge < -0.3 is 51.0 Å². The van der Waals surface area contributed by atoms with E-state index < -0.39 is 36.0 Å². The van der Waals surface area contributed by atoms with Crippen LogP contribution in [0.2, 0.25) is 0 Å². The molecule has 1 aliphatic heterocycles. The van der Waals surface area contributed by atoms with E-state index in [4.69, 9.17) is 9.97 Å². The van der Waals surface area contributed by atoms with Gasteiger partial charge in [0.15, 0.2) is 17.0 Å². The number of aliphatic hydroxyl groups excluding tert-OH is 3. The quantitative estimate of drug-likeness (QED) is 0.0948. The lowest BCUT2D eigenvalue weighted by Gasteiger charge is -2.22. The highest BCUT2D eigenvalue weighted by atomic mass is 16.3. The number of aromatic nitrogens is 6. The van der Waals surface area contributed by atoms with E-state index in [1.54, 1.807) is 28.8 Å². The molecule has 0 unspecified atom stereocenters. The van der Waals surface area contributed by atoms with Gasteiger partial charge in [0.05, 0.1) is 37.3 Å². The van der Waals surface area contributed by atoms with E-state index in [1.165, 1.54) is 24.1 Å². The van der Waals surface area contributed by atoms with E-state index in [-0.39, 0.29) is 43.3 Å². The first-order chi connectivity index (χ1) is 25.1. The second-order valence-corrected chi connectivity index (χ2v) is 13.4. The fourth-order valence-corrected chi connectivity index (χ4v) is 7.18. The summed E-state index contributed by atoms with van der Waals surface area (Å²) in [4.78, 5) is 41.8. The van der Waals surface area contributed by atoms with Gasteiger partial charge in [-0.1, -0.05) is 42.5 Å². The fourth-order valence-electron chi connectivity index (χ4n) is 7.18. The van der Waals surface area contributed by atoms with Crippen LogP contribution in [-0.4, -0.2) is 104 Å². The monoisotopic (exact) mass is 714 g/mol. The van der Waals surface area contributed by atoms with Crippen molar-refractivity contribution in [3.05, 3.63) is 88.7 Å². The first-order valence-corrected chi connectivity index (χ1v) is 17.2. The number of phenols is 1. The molecule has 5 aromatic rings. The van der Waals surface area contributed by atoms with Crippen LogP contribution in [0.4, 0.5) is 16.6 Å². The molecule has 2 amide bonds. The summed E-state index contributed by atoms with van der Waals surface area (Å²) in [7, 11) is 1.49. The molecule has 3 aromatic heterocycles. The molecule has 17 nitrogen and oxygen atoms in total. The molecule has 1 saturated heterocycles. The Morgan fingerprint density at radius 2 is 1.79 bits per heavy atom. The molecule has 17 heteroatoms. The summed E-state index contributed by atoms with van der Waals surface area (Å²) in [5.74, 6) is 0.484. The van der Waals surface area contributed by atoms with Crippen molar-refractivity contribution in [2.24, 2.45) is 7.05 Å². The van der Waals surface area contributed by atoms with Gasteiger partial charge in [0.25, 0.3) is 0 Å². The van der Waals surface area contributed by atoms with Crippen LogP contribution in [0, 0.1) is 0 Å². The fraction of sp³-hybridized carbons (Fsp3) is 0.400. The van der Waals surface area contributed by atoms with Gasteiger partial charge in [-0.05, 0) is 42.5 Å². The van der Waals surface area contributed by atoms with Gasteiger partial charge in [0, 0.05) is 32.7 Å². The number of aliphatic hydroxyl groups is 3. The third kappa shape index (κ3) is 6.97. The lowest BCUT2D eigenvalue weighted by atomic mass is 10.1. The minimum Gasteiger partial charge on any atom is -0.508 e. The SMILES string of the molecule is Cn1cc(O)n([C@H]2C[C@@H](n3cnc4c(N[C@H](CO)Cc5ccccc5)nc(N5CC[C@@H](NC(=O)NCc6cccc(O)c6)C5)nc43)[C@H](O)[C@@H]2O)c1=O. The summed E-state index contributed by atoms with van der Waals surface area (Å²) in [6.07, 6.45) is 1.25. The Labute approximate surface area is 297 Å². The van der Waals surface area contributed by atoms with Crippen molar-refractivity contribution >= 4 is 29.0 Å². The number of hydrogen-bond donors (Lipinski definition) is 8. The summed E-state index contributed by atoms with van der Waals surface area (Å²) in [6.45, 7) is 0.960. The lowest BCUT2D eigenvalue weighted by Crippen LogP contribution is -2.43. The molecule has 52 heavy (non-hydrogen) atoms. The first kappa shape index (κ1) is 34.8. The van der Waals surface area contributed by atoms with Crippen LogP contribution in [0.15, 0.2) is 71.9 Å². The predicted molar refractivity (Wildman–Crippen MR) is 190 cm³/mol. The van der Waals surface area contributed by atoms with Gasteiger partial charge in [0.1, 0.15) is 18.0 Å². The Hall–Kier alpha value is -5.65. The molecule has 2 fully saturated rings. The average Bonchev–Trinajstić information content (AvgIpc) is 3.90. The molecule has 0 spiro atoms. The summed E-state index contributed by atoms with van der Waals surface area (Å²) >= 11 is 0. The van der Waals surface area contributed by atoms with Gasteiger partial charge in [-0.3, -0.25) is 9.13 Å². The molecule has 2 aliphatic rings. The zero-order chi connectivity index (χ0) is 36.5. The number of imidazole rings is 2. The second-order valence-electron chi connectivity index (χ2n) is 13.4. The van der Waals surface area contributed by atoms with E-state index in [2.05, 4.69) is 20.9 Å². The van der Waals surface area contributed by atoms with Crippen molar-refractivity contribution in [2.45, 2.75) is 62.2 Å². The number of urea groups is 1. The zero-order valence-electron chi connectivity index (χ0n) is 28.4. The maximum absolute atomic E-state index is 12.8. The second kappa shape index (κ2) is 14.5. The number of fused-ring (bicyclic) bond motifs is 1. The molecule has 0 radical (unpaired) electrons. The van der Waals surface area contributed by atoms with Crippen molar-refractivity contribution in [3.8, 4) is 11.6 Å². The summed E-state index contributed by atoms with van der Waals surface area (Å²) < 4.78 is 3.93. The number of carbonyl (C=O) groups excluding carboxylic acids is 1. The van der Waals surface area contributed by atoms with Crippen molar-refractivity contribution in [1.82, 2.24) is 39.3 Å². The topological polar surface area (TPSA) is 228 Å². The van der Waals surface area contributed by atoms with Crippen molar-refractivity contribution < 1.29 is 30.3 Å². The maximum Gasteiger partial charge on any atom is 0.331 e. The van der Waals surface area contributed by atoms with Crippen molar-refractivity contribution in [1.29, 1.82) is 0 Å². The number of amides is 2. The largest absolute Gasteiger partial charge is 0.508 e. The van der Waals surface area contributed by atoms with Crippen LogP contribution in [0.1, 0.15) is 36.1 Å². The molecule has 2 aromatic carbocycles. The Kier molecular flexibility index (Phi) is 9.72. The highest BCUT2D eigenvalue weighted by Gasteiger charge is 2.45. The van der Waals surface area contributed by atoms with Crippen LogP contribution in [0.5, 0.6) is 11.6 Å². The number of aryl methyl sites for hydroxylation is 1. The molecule has 1 saturated carbocycles. The summed E-state index contributed by atoms with van der Waals surface area (Å²) in [6, 6.07) is 13.7. The Balaban J connectivity index is 1.16. The van der Waals surface area contributed by atoms with E-state index in [0.29, 0.717) is 48.9 Å². The van der Waals surface area contributed by atoms with E-state index in [1.807, 2.05) is 35.2 Å². The molecule has 4 heterocycles. The van der Waals surface area contributed by atoms with Crippen molar-refractivity contribution in [3.63, 3.8) is 0 Å². The van der Waals surface area contributed by atoms with Gasteiger partial charge in [0.2, 0.25) is 11.8 Å². The summed E-state index contributed by atoms with van der Waals surface area (Å²) in [5, 5.41) is 62.1. The Morgan fingerprint density at radius 1 is 1.02 bits per heavy atom. The number of anilines is 2. The van der Waals surface area contributed by atoms with Gasteiger partial charge in [-0.25, -0.2) is 14.6 Å². The molecular weight excluding hydrogens is 672 g/mol. The van der Waals surface area contributed by atoms with E-state index >= 15 is 0 Å². The van der Waals surface area contributed by atoms with Crippen molar-refractivity contribution in [2.75, 3.05) is 29.9 Å². The molecule has 274 valence electrons. The van der Waals surface area contributed by atoms with Crippen LogP contribution >= 0.6 is 0 Å². The van der Waals surface area contributed by atoms with E-state index in [0.717, 1.165) is 15.7 Å². The van der Waals surface area contributed by atoms with Gasteiger partial charge in [-0.2, -0.15) is 9.97 Å². The molecule has 1 aliphatic carbocycles. The molecule has 0 bridgehead atoms. The minimum absolute atomic E-state index is 0.0913. The Morgan fingerprint density at radius 3 is 2.52 bits per heavy atom. The smallest absolute Gasteiger partial charge is 0.331 e. The number of nitrogens with zero attached hydrogens (tertiary/aromatic N) is 7. The highest BCUT2D eigenvalue weighted by Crippen LogP contribution is 2.41. The zero-order valence-corrected chi connectivity index (χ0v) is 28.4. The van der Waals surface area contributed by atoms with Crippen LogP contribution in [-0.2, 0) is 20.0 Å². The lowest BCUT2D eigenvalue weighted by molar-refractivity contribution is 0.00756. The third-order valence-corrected chi connectivity index (χ3v) is 9.84. The number of hydrogen-bond acceptors (Lipinski definition) is 12. The van der Waals surface area contributed by atoms with Gasteiger partial charge >= 0.3 is 11.7 Å². The predicted octanol–water partition coefficient (Wildman–Crippen LogP) is 0.739. The minimum atomic E-state index is -1.37. The molecule has 8 N–H and O–H groups in total. The molecule has 7 rings (SSSR count). The van der Waals surface area contributed by atoms with Crippen LogP contribution < -0.4 is 26.5 Å². The molecule has 6 atom stereocenters. The first-order valence-electron chi connectivity index (χ1n) is 17.2. The normalized spacial score (nSPS) is 22.2. The van der Waals surface area contributed by atoms with Crippen LogP contribution in [0.3, 0.4) is 0 Å². The Bertz CT molecular complexity index is 2100. The maximum atomic E-state index is 12.8. The van der Waals surface area contributed by atoms with Gasteiger partial charge in [-0.15, -0.1) is 0 Å². The third-order valence-electron chi connectivity index (χ3n) is 9.84. The highest BCUT2D eigenvalue weighted by molar-refractivity contribution is 5.85. The number of rotatable bonds is 11. The molecular formula is C35H42N10O7. The number of phenolic OH excluding ortho intramolecular Hbond substituents is 1. The summed E-state index contributed by atoms with van der Waals surface area (Å²) in [5.41, 5.74) is 1.97. The number of carbonyl (C=O) groups is 1. The number of nitrogens with one attached hydrogen (secondary N) is 3. The average molecular weight is 715 g/mol. The number of aromatic hydroxyl groups is 2.